The van der Waals surface area contributed by atoms with Gasteiger partial charge in [0.15, 0.2) is 0 Å². The first-order valence-electron chi connectivity index (χ1n) is 6.48. The molecule has 0 aromatic heterocycles. The molecule has 5 nitrogen and oxygen atoms in total. The molecule has 0 radical (unpaired) electrons. The Hall–Kier alpha value is -1.37. The molecule has 1 N–H and O–H groups in total. The maximum absolute atomic E-state index is 13.3. The molecule has 1 aliphatic rings. The van der Waals surface area contributed by atoms with Crippen LogP contribution in [0.5, 0.6) is 5.75 Å². The molecule has 0 bridgehead atoms. The molecule has 0 spiro atoms. The fourth-order valence-corrected chi connectivity index (χ4v) is 2.48. The van der Waals surface area contributed by atoms with E-state index in [-0.39, 0.29) is 24.1 Å². The molecule has 1 aromatic carbocycles. The second kappa shape index (κ2) is 6.88. The van der Waals surface area contributed by atoms with Crippen molar-refractivity contribution in [2.75, 3.05) is 26.8 Å². The largest absolute Gasteiger partial charge is 0.488 e. The molecule has 0 amide bonds. The molecular weight excluding hydrogens is 265 g/mol. The molecule has 2 rings (SSSR count). The van der Waals surface area contributed by atoms with Crippen LogP contribution < -0.4 is 10.2 Å². The average Bonchev–Trinajstić information content (AvgIpc) is 2.84. The summed E-state index contributed by atoms with van der Waals surface area (Å²) < 4.78 is 29.9. The third kappa shape index (κ3) is 3.39. The first kappa shape index (κ1) is 15.0. The summed E-state index contributed by atoms with van der Waals surface area (Å²) in [7, 11) is 4.79. The van der Waals surface area contributed by atoms with Crippen molar-refractivity contribution in [3.05, 3.63) is 24.0 Å². The predicted molar refractivity (Wildman–Crippen MR) is 72.3 cm³/mol. The van der Waals surface area contributed by atoms with E-state index in [0.29, 0.717) is 24.3 Å². The van der Waals surface area contributed by atoms with E-state index in [2.05, 4.69) is 5.48 Å². The lowest BCUT2D eigenvalue weighted by atomic mass is 10.2. The first-order valence-corrected chi connectivity index (χ1v) is 6.48. The summed E-state index contributed by atoms with van der Waals surface area (Å²) >= 11 is 0. The number of hydrogen-bond acceptors (Lipinski definition) is 5. The van der Waals surface area contributed by atoms with E-state index >= 15 is 0 Å². The maximum Gasteiger partial charge on any atom is 0.148 e. The van der Waals surface area contributed by atoms with E-state index < -0.39 is 0 Å². The molecule has 1 aromatic rings. The average molecular weight is 285 g/mol. The van der Waals surface area contributed by atoms with Gasteiger partial charge < -0.3 is 14.2 Å². The summed E-state index contributed by atoms with van der Waals surface area (Å²) in [6.07, 6.45) is 1.33. The van der Waals surface area contributed by atoms with Crippen molar-refractivity contribution in [1.29, 1.82) is 0 Å². The Morgan fingerprint density at radius 1 is 1.10 bits per heavy atom. The third-order valence-electron chi connectivity index (χ3n) is 3.46. The smallest absolute Gasteiger partial charge is 0.148 e. The lowest BCUT2D eigenvalue weighted by Crippen LogP contribution is -2.23. The molecule has 112 valence electrons. The molecule has 0 heterocycles. The molecule has 0 aliphatic heterocycles. The second-order valence-corrected chi connectivity index (χ2v) is 4.71. The van der Waals surface area contributed by atoms with Crippen LogP contribution in [0, 0.1) is 5.82 Å². The van der Waals surface area contributed by atoms with Gasteiger partial charge in [-0.1, -0.05) is 0 Å². The molecule has 0 saturated heterocycles. The van der Waals surface area contributed by atoms with Crippen LogP contribution in [0.15, 0.2) is 18.2 Å². The quantitative estimate of drug-likeness (QED) is 0.813. The van der Waals surface area contributed by atoms with Crippen molar-refractivity contribution in [2.45, 2.75) is 31.2 Å². The van der Waals surface area contributed by atoms with E-state index in [0.717, 1.165) is 0 Å². The van der Waals surface area contributed by atoms with Crippen molar-refractivity contribution >= 4 is 5.69 Å². The van der Waals surface area contributed by atoms with Gasteiger partial charge in [-0.15, -0.1) is 0 Å². The minimum Gasteiger partial charge on any atom is -0.488 e. The Morgan fingerprint density at radius 3 is 2.30 bits per heavy atom. The number of rotatable bonds is 6. The van der Waals surface area contributed by atoms with Gasteiger partial charge in [-0.25, -0.2) is 4.39 Å². The highest BCUT2D eigenvalue weighted by Gasteiger charge is 2.36. The third-order valence-corrected chi connectivity index (χ3v) is 3.46. The summed E-state index contributed by atoms with van der Waals surface area (Å²) in [5.41, 5.74) is 3.26. The Bertz CT molecular complexity index is 431. The molecule has 1 fully saturated rings. The monoisotopic (exact) mass is 285 g/mol. The van der Waals surface area contributed by atoms with Crippen LogP contribution in [0.2, 0.25) is 0 Å². The number of halogens is 1. The number of hydrogen-bond donors (Lipinski definition) is 1. The van der Waals surface area contributed by atoms with Gasteiger partial charge in [-0.05, 0) is 12.1 Å². The highest BCUT2D eigenvalue weighted by molar-refractivity contribution is 5.55. The minimum atomic E-state index is -0.355. The van der Waals surface area contributed by atoms with E-state index in [1.165, 1.54) is 19.2 Å². The Balaban J connectivity index is 2.08. The van der Waals surface area contributed by atoms with Crippen LogP contribution >= 0.6 is 0 Å². The van der Waals surface area contributed by atoms with Crippen LogP contribution in [0.4, 0.5) is 10.1 Å². The van der Waals surface area contributed by atoms with Gasteiger partial charge in [0.05, 0.1) is 19.3 Å². The fourth-order valence-electron chi connectivity index (χ4n) is 2.48. The van der Waals surface area contributed by atoms with Crippen LogP contribution in [0.25, 0.3) is 0 Å². The van der Waals surface area contributed by atoms with Crippen LogP contribution in [0.3, 0.4) is 0 Å². The van der Waals surface area contributed by atoms with Gasteiger partial charge in [-0.3, -0.25) is 10.3 Å². The molecule has 6 heteroatoms. The predicted octanol–water partition coefficient (Wildman–Crippen LogP) is 2.37. The van der Waals surface area contributed by atoms with E-state index in [1.54, 1.807) is 20.3 Å². The molecule has 2 atom stereocenters. The number of methoxy groups -OCH3 is 2. The normalized spacial score (nSPS) is 25.7. The van der Waals surface area contributed by atoms with Gasteiger partial charge in [0.25, 0.3) is 0 Å². The topological polar surface area (TPSA) is 49.0 Å². The maximum atomic E-state index is 13.3. The number of nitrogens with one attached hydrogen (secondary N) is 1. The zero-order valence-electron chi connectivity index (χ0n) is 11.9. The van der Waals surface area contributed by atoms with Gasteiger partial charge in [0, 0.05) is 33.1 Å². The summed E-state index contributed by atoms with van der Waals surface area (Å²) in [6, 6.07) is 4.26. The van der Waals surface area contributed by atoms with Crippen molar-refractivity contribution in [2.24, 2.45) is 0 Å². The Labute approximate surface area is 117 Å². The highest BCUT2D eigenvalue weighted by Crippen LogP contribution is 2.32. The highest BCUT2D eigenvalue weighted by atomic mass is 19.1. The fraction of sp³-hybridized carbons (Fsp3) is 0.571. The van der Waals surface area contributed by atoms with E-state index in [4.69, 9.17) is 19.0 Å². The van der Waals surface area contributed by atoms with Crippen molar-refractivity contribution in [1.82, 2.24) is 0 Å². The van der Waals surface area contributed by atoms with Crippen molar-refractivity contribution in [3.63, 3.8) is 0 Å². The van der Waals surface area contributed by atoms with Crippen LogP contribution in [-0.2, 0) is 14.3 Å². The van der Waals surface area contributed by atoms with E-state index in [9.17, 15) is 4.39 Å². The summed E-state index contributed by atoms with van der Waals surface area (Å²) in [6.45, 7) is 0. The zero-order chi connectivity index (χ0) is 14.5. The molecule has 1 saturated carbocycles. The standard InChI is InChI=1S/C14H20FNO4/c1-17-13-7-10(8-14(13)18-2)20-12-6-9(15)4-5-11(12)16-19-3/h4-6,10,13-14,16H,7-8H2,1-3H3. The number of anilines is 1. The zero-order valence-corrected chi connectivity index (χ0v) is 11.9. The summed E-state index contributed by atoms with van der Waals surface area (Å²) in [4.78, 5) is 4.86. The van der Waals surface area contributed by atoms with Crippen molar-refractivity contribution < 1.29 is 23.4 Å². The minimum absolute atomic E-state index is 0.00241. The number of benzene rings is 1. The Morgan fingerprint density at radius 2 is 1.75 bits per heavy atom. The molecular formula is C14H20FNO4. The molecule has 1 aliphatic carbocycles. The second-order valence-electron chi connectivity index (χ2n) is 4.71. The van der Waals surface area contributed by atoms with Gasteiger partial charge in [-0.2, -0.15) is 0 Å². The van der Waals surface area contributed by atoms with Crippen molar-refractivity contribution in [3.8, 4) is 5.75 Å². The molecule has 2 unspecified atom stereocenters. The Kier molecular flexibility index (Phi) is 5.17. The van der Waals surface area contributed by atoms with E-state index in [1.807, 2.05) is 0 Å². The SMILES string of the molecule is CONc1ccc(F)cc1OC1CC(OC)C(OC)C1. The summed E-state index contributed by atoms with van der Waals surface area (Å²) in [5.74, 6) is 0.0645. The van der Waals surface area contributed by atoms with Crippen LogP contribution in [0.1, 0.15) is 12.8 Å². The van der Waals surface area contributed by atoms with Gasteiger partial charge in [0.1, 0.15) is 23.4 Å². The lowest BCUT2D eigenvalue weighted by Gasteiger charge is -2.17. The number of ether oxygens (including phenoxy) is 3. The summed E-state index contributed by atoms with van der Waals surface area (Å²) in [5, 5.41) is 0. The lowest BCUT2D eigenvalue weighted by molar-refractivity contribution is -0.0157. The van der Waals surface area contributed by atoms with Crippen LogP contribution in [-0.4, -0.2) is 39.6 Å². The first-order chi connectivity index (χ1) is 9.67. The molecule has 20 heavy (non-hydrogen) atoms. The van der Waals surface area contributed by atoms with Gasteiger partial charge in [0.2, 0.25) is 0 Å². The van der Waals surface area contributed by atoms with Gasteiger partial charge >= 0.3 is 0 Å².